The van der Waals surface area contributed by atoms with E-state index in [0.717, 1.165) is 49.9 Å². The molecule has 0 spiro atoms. The van der Waals surface area contributed by atoms with Gasteiger partial charge in [0, 0.05) is 45.6 Å². The van der Waals surface area contributed by atoms with Crippen LogP contribution in [-0.2, 0) is 11.2 Å². The number of hydrogen-bond acceptors (Lipinski definition) is 7. The van der Waals surface area contributed by atoms with Crippen LogP contribution >= 0.6 is 11.3 Å². The van der Waals surface area contributed by atoms with E-state index in [4.69, 9.17) is 4.74 Å². The lowest BCUT2D eigenvalue weighted by molar-refractivity contribution is -0.114. The molecule has 2 aromatic rings. The van der Waals surface area contributed by atoms with Crippen LogP contribution in [0.1, 0.15) is 44.4 Å². The van der Waals surface area contributed by atoms with Gasteiger partial charge in [0.05, 0.1) is 0 Å². The van der Waals surface area contributed by atoms with Crippen LogP contribution in [0.5, 0.6) is 5.75 Å². The highest BCUT2D eigenvalue weighted by Crippen LogP contribution is 2.35. The number of rotatable bonds is 5. The quantitative estimate of drug-likeness (QED) is 0.830. The minimum atomic E-state index is -0.119. The number of benzene rings is 1. The van der Waals surface area contributed by atoms with Gasteiger partial charge in [-0.1, -0.05) is 30.4 Å². The fourth-order valence-electron chi connectivity index (χ4n) is 4.10. The summed E-state index contributed by atoms with van der Waals surface area (Å²) in [6.07, 6.45) is 2.36. The van der Waals surface area contributed by atoms with Crippen LogP contribution < -0.4 is 15.0 Å². The maximum atomic E-state index is 11.2. The van der Waals surface area contributed by atoms with Crippen LogP contribution in [0.2, 0.25) is 0 Å². The summed E-state index contributed by atoms with van der Waals surface area (Å²) in [6, 6.07) is 7.14. The number of amides is 1. The molecule has 2 aliphatic heterocycles. The molecule has 0 aliphatic carbocycles. The Morgan fingerprint density at radius 3 is 2.82 bits per heavy atom. The normalized spacial score (nSPS) is 20.5. The molecular formula is C20H27N5O2S. The lowest BCUT2D eigenvalue weighted by Gasteiger charge is -2.39. The van der Waals surface area contributed by atoms with Crippen molar-refractivity contribution in [2.75, 3.05) is 36.4 Å². The van der Waals surface area contributed by atoms with Gasteiger partial charge >= 0.3 is 0 Å². The Morgan fingerprint density at radius 1 is 1.32 bits per heavy atom. The van der Waals surface area contributed by atoms with Gasteiger partial charge in [-0.25, -0.2) is 0 Å². The smallest absolute Gasteiger partial charge is 0.223 e. The molecule has 1 amide bonds. The first kappa shape index (κ1) is 19.1. The van der Waals surface area contributed by atoms with Gasteiger partial charge in [0.1, 0.15) is 11.9 Å². The maximum Gasteiger partial charge on any atom is 0.223 e. The molecule has 1 fully saturated rings. The molecule has 1 aromatic carbocycles. The first-order valence-electron chi connectivity index (χ1n) is 9.93. The van der Waals surface area contributed by atoms with Gasteiger partial charge in [0.25, 0.3) is 0 Å². The van der Waals surface area contributed by atoms with E-state index in [1.54, 1.807) is 0 Å². The average molecular weight is 402 g/mol. The molecule has 4 rings (SSSR count). The fourth-order valence-corrected chi connectivity index (χ4v) is 4.94. The molecule has 0 saturated carbocycles. The van der Waals surface area contributed by atoms with Crippen molar-refractivity contribution in [3.8, 4) is 5.75 Å². The molecule has 7 nitrogen and oxygen atoms in total. The summed E-state index contributed by atoms with van der Waals surface area (Å²) in [7, 11) is 0. The van der Waals surface area contributed by atoms with E-state index in [0.29, 0.717) is 11.2 Å². The predicted octanol–water partition coefficient (Wildman–Crippen LogP) is 3.09. The Bertz CT molecular complexity index is 847. The van der Waals surface area contributed by atoms with E-state index < -0.39 is 0 Å². The fraction of sp³-hybridized carbons (Fsp3) is 0.550. The van der Waals surface area contributed by atoms with Gasteiger partial charge in [0.15, 0.2) is 0 Å². The Morgan fingerprint density at radius 2 is 2.11 bits per heavy atom. The number of hydrogen-bond donors (Lipinski definition) is 1. The second-order valence-corrected chi connectivity index (χ2v) is 8.47. The van der Waals surface area contributed by atoms with E-state index in [-0.39, 0.29) is 12.0 Å². The third-order valence-corrected chi connectivity index (χ3v) is 6.32. The minimum Gasteiger partial charge on any atom is -0.490 e. The molecule has 150 valence electrons. The largest absolute Gasteiger partial charge is 0.490 e. The average Bonchev–Trinajstić information content (AvgIpc) is 3.27. The molecule has 2 aliphatic rings. The van der Waals surface area contributed by atoms with Crippen molar-refractivity contribution in [3.63, 3.8) is 0 Å². The van der Waals surface area contributed by atoms with Crippen LogP contribution in [0, 0.1) is 0 Å². The standard InChI is InChI=1S/C20H27N5O2S/c1-4-17(15-5-6-16-11-13(2)27-18(16)12-15)24-7-9-25(10-8-24)20-23-22-19(28-20)21-14(3)26/h5-6,12-13,17H,4,7-11H2,1-3H3,(H,21,22,26)/t13-,17?/m1/s1. The number of nitrogens with zero attached hydrogens (tertiary/aromatic N) is 4. The Balaban J connectivity index is 1.40. The number of carbonyl (C=O) groups is 1. The van der Waals surface area contributed by atoms with Crippen molar-refractivity contribution < 1.29 is 9.53 Å². The second-order valence-electron chi connectivity index (χ2n) is 7.52. The van der Waals surface area contributed by atoms with E-state index in [1.807, 2.05) is 0 Å². The van der Waals surface area contributed by atoms with Gasteiger partial charge in [-0.2, -0.15) is 0 Å². The van der Waals surface area contributed by atoms with E-state index in [2.05, 4.69) is 57.4 Å². The summed E-state index contributed by atoms with van der Waals surface area (Å²) < 4.78 is 5.96. The molecule has 1 N–H and O–H groups in total. The first-order valence-corrected chi connectivity index (χ1v) is 10.7. The highest BCUT2D eigenvalue weighted by atomic mass is 32.1. The highest BCUT2D eigenvalue weighted by Gasteiger charge is 2.27. The molecule has 1 unspecified atom stereocenters. The molecular weight excluding hydrogens is 374 g/mol. The first-order chi connectivity index (χ1) is 13.5. The molecule has 2 atom stereocenters. The topological polar surface area (TPSA) is 70.6 Å². The monoisotopic (exact) mass is 401 g/mol. The number of carbonyl (C=O) groups excluding carboxylic acids is 1. The number of fused-ring (bicyclic) bond motifs is 1. The van der Waals surface area contributed by atoms with Crippen molar-refractivity contribution in [1.29, 1.82) is 0 Å². The van der Waals surface area contributed by atoms with E-state index in [9.17, 15) is 4.79 Å². The van der Waals surface area contributed by atoms with Gasteiger partial charge < -0.3 is 15.0 Å². The Hall–Kier alpha value is -2.19. The van der Waals surface area contributed by atoms with Gasteiger partial charge in [-0.05, 0) is 30.5 Å². The molecule has 0 radical (unpaired) electrons. The van der Waals surface area contributed by atoms with Crippen LogP contribution in [0.15, 0.2) is 18.2 Å². The SMILES string of the molecule is CCC(c1ccc2c(c1)O[C@H](C)C2)N1CCN(c2nnc(NC(C)=O)s2)CC1. The zero-order chi connectivity index (χ0) is 19.7. The molecule has 28 heavy (non-hydrogen) atoms. The number of aromatic nitrogens is 2. The maximum absolute atomic E-state index is 11.2. The molecule has 1 saturated heterocycles. The van der Waals surface area contributed by atoms with Crippen LogP contribution in [0.25, 0.3) is 0 Å². The van der Waals surface area contributed by atoms with Crippen molar-refractivity contribution >= 4 is 27.5 Å². The minimum absolute atomic E-state index is 0.119. The van der Waals surface area contributed by atoms with Gasteiger partial charge in [0.2, 0.25) is 16.2 Å². The zero-order valence-electron chi connectivity index (χ0n) is 16.6. The number of anilines is 2. The van der Waals surface area contributed by atoms with Crippen molar-refractivity contribution in [3.05, 3.63) is 29.3 Å². The van der Waals surface area contributed by atoms with Crippen LogP contribution in [0.4, 0.5) is 10.3 Å². The third-order valence-electron chi connectivity index (χ3n) is 5.42. The van der Waals surface area contributed by atoms with Crippen molar-refractivity contribution in [2.45, 2.75) is 45.8 Å². The summed E-state index contributed by atoms with van der Waals surface area (Å²) >= 11 is 1.43. The van der Waals surface area contributed by atoms with Gasteiger partial charge in [-0.15, -0.1) is 10.2 Å². The van der Waals surface area contributed by atoms with Crippen LogP contribution in [-0.4, -0.2) is 53.3 Å². The molecule has 8 heteroatoms. The third kappa shape index (κ3) is 3.98. The summed E-state index contributed by atoms with van der Waals surface area (Å²) in [6.45, 7) is 9.62. The molecule has 0 bridgehead atoms. The molecule has 3 heterocycles. The predicted molar refractivity (Wildman–Crippen MR) is 111 cm³/mol. The number of ether oxygens (including phenoxy) is 1. The van der Waals surface area contributed by atoms with Gasteiger partial charge in [-0.3, -0.25) is 9.69 Å². The summed E-state index contributed by atoms with van der Waals surface area (Å²) in [5.41, 5.74) is 2.66. The molecule has 1 aromatic heterocycles. The van der Waals surface area contributed by atoms with Crippen molar-refractivity contribution in [1.82, 2.24) is 15.1 Å². The lowest BCUT2D eigenvalue weighted by Crippen LogP contribution is -2.47. The Labute approximate surface area is 169 Å². The zero-order valence-corrected chi connectivity index (χ0v) is 17.5. The lowest BCUT2D eigenvalue weighted by atomic mass is 9.99. The van der Waals surface area contributed by atoms with Crippen LogP contribution in [0.3, 0.4) is 0 Å². The number of nitrogens with one attached hydrogen (secondary N) is 1. The Kier molecular flexibility index (Phi) is 5.50. The number of piperazine rings is 1. The highest BCUT2D eigenvalue weighted by molar-refractivity contribution is 7.19. The second kappa shape index (κ2) is 8.05. The van der Waals surface area contributed by atoms with E-state index in [1.165, 1.54) is 29.4 Å². The summed E-state index contributed by atoms with van der Waals surface area (Å²) in [5, 5.41) is 12.4. The summed E-state index contributed by atoms with van der Waals surface area (Å²) in [5.74, 6) is 0.937. The van der Waals surface area contributed by atoms with E-state index >= 15 is 0 Å². The summed E-state index contributed by atoms with van der Waals surface area (Å²) in [4.78, 5) is 16.0. The van der Waals surface area contributed by atoms with Crippen molar-refractivity contribution in [2.24, 2.45) is 0 Å².